The minimum atomic E-state index is -1.50. The Morgan fingerprint density at radius 1 is 1.44 bits per heavy atom. The van der Waals surface area contributed by atoms with E-state index in [-0.39, 0.29) is 30.4 Å². The number of carbonyl (C=O) groups excluding carboxylic acids is 3. The molecule has 3 unspecified atom stereocenters. The highest BCUT2D eigenvalue weighted by Crippen LogP contribution is 2.30. The molecule has 1 heterocycles. The monoisotopic (exact) mass is 222 g/mol. The number of Topliss-reactive ketones (excluding diaryl/α,β-unsaturated/α-hetero) is 1. The molecule has 1 N–H and O–H groups in total. The van der Waals surface area contributed by atoms with Crippen molar-refractivity contribution < 1.29 is 15.8 Å². The van der Waals surface area contributed by atoms with E-state index < -0.39 is 17.7 Å². The van der Waals surface area contributed by atoms with Crippen LogP contribution in [0.5, 0.6) is 0 Å². The van der Waals surface area contributed by atoms with E-state index in [9.17, 15) is 14.4 Å². The normalized spacial score (nSPS) is 40.6. The Bertz CT molecular complexity index is 418. The molecule has 0 aromatic rings. The van der Waals surface area contributed by atoms with Gasteiger partial charge in [-0.1, -0.05) is 19.1 Å². The van der Waals surface area contributed by atoms with Gasteiger partial charge >= 0.3 is 0 Å². The molecule has 0 bridgehead atoms. The number of hydrogen-bond donors (Lipinski definition) is 1. The second-order valence-electron chi connectivity index (χ2n) is 4.36. The summed E-state index contributed by atoms with van der Waals surface area (Å²) >= 11 is 0. The molecule has 16 heavy (non-hydrogen) atoms. The van der Waals surface area contributed by atoms with E-state index in [1.165, 1.54) is 6.08 Å². The van der Waals surface area contributed by atoms with E-state index in [4.69, 9.17) is 1.37 Å². The molecule has 4 nitrogen and oxygen atoms in total. The summed E-state index contributed by atoms with van der Waals surface area (Å²) in [5.41, 5.74) is 0. The molecule has 0 saturated carbocycles. The van der Waals surface area contributed by atoms with Crippen molar-refractivity contribution in [3.8, 4) is 0 Å². The van der Waals surface area contributed by atoms with Gasteiger partial charge in [-0.2, -0.15) is 0 Å². The van der Waals surface area contributed by atoms with Gasteiger partial charge in [0.15, 0.2) is 0 Å². The first-order chi connectivity index (χ1) is 7.95. The fourth-order valence-corrected chi connectivity index (χ4v) is 2.15. The summed E-state index contributed by atoms with van der Waals surface area (Å²) in [6.07, 6.45) is 4.38. The van der Waals surface area contributed by atoms with Crippen LogP contribution >= 0.6 is 0 Å². The summed E-state index contributed by atoms with van der Waals surface area (Å²) in [5.74, 6) is -3.52. The van der Waals surface area contributed by atoms with Gasteiger partial charge in [-0.25, -0.2) is 0 Å². The fourth-order valence-electron chi connectivity index (χ4n) is 2.15. The Kier molecular flexibility index (Phi) is 2.56. The Labute approximate surface area is 95.5 Å². The molecule has 0 spiro atoms. The Morgan fingerprint density at radius 3 is 2.88 bits per heavy atom. The first-order valence-corrected chi connectivity index (χ1v) is 5.51. The highest BCUT2D eigenvalue weighted by molar-refractivity contribution is 6.01. The van der Waals surface area contributed by atoms with Gasteiger partial charge in [0.25, 0.3) is 0 Å². The number of imide groups is 1. The van der Waals surface area contributed by atoms with Crippen molar-refractivity contribution in [2.24, 2.45) is 17.7 Å². The number of carbonyl (C=O) groups is 3. The molecule has 86 valence electrons. The molecule has 2 aliphatic rings. The smallest absolute Gasteiger partial charge is 0.230 e. The molecule has 1 aliphatic heterocycles. The van der Waals surface area contributed by atoms with Crippen molar-refractivity contribution in [2.75, 3.05) is 0 Å². The zero-order valence-corrected chi connectivity index (χ0v) is 9.16. The van der Waals surface area contributed by atoms with Gasteiger partial charge < -0.3 is 0 Å². The minimum Gasteiger partial charge on any atom is -0.299 e. The lowest BCUT2D eigenvalue weighted by atomic mass is 9.76. The second kappa shape index (κ2) is 4.20. The number of allylic oxidation sites excluding steroid dienone is 2. The summed E-state index contributed by atoms with van der Waals surface area (Å²) in [7, 11) is 0. The van der Waals surface area contributed by atoms with Crippen LogP contribution in [0.15, 0.2) is 12.2 Å². The topological polar surface area (TPSA) is 63.2 Å². The van der Waals surface area contributed by atoms with Gasteiger partial charge in [-0.3, -0.25) is 19.7 Å². The zero-order valence-electron chi connectivity index (χ0n) is 10.2. The van der Waals surface area contributed by atoms with Crippen LogP contribution in [-0.2, 0) is 14.4 Å². The number of rotatable bonds is 1. The molecule has 4 heteroatoms. The van der Waals surface area contributed by atoms with Crippen LogP contribution in [0.1, 0.15) is 27.6 Å². The summed E-state index contributed by atoms with van der Waals surface area (Å²) < 4.78 is 8.24. The Hall–Kier alpha value is -1.45. The molecule has 0 aromatic carbocycles. The molecule has 0 radical (unpaired) electrons. The van der Waals surface area contributed by atoms with Crippen LogP contribution in [0.3, 0.4) is 0 Å². The highest BCUT2D eigenvalue weighted by Gasteiger charge is 2.38. The molecule has 1 fully saturated rings. The predicted molar refractivity (Wildman–Crippen MR) is 57.3 cm³/mol. The molecular formula is C12H15NO3. The maximum absolute atomic E-state index is 12.1. The van der Waals surface area contributed by atoms with Crippen molar-refractivity contribution >= 4 is 17.6 Å². The largest absolute Gasteiger partial charge is 0.299 e. The summed E-state index contributed by atoms with van der Waals surface area (Å²) in [5, 5.41) is 2.20. The van der Waals surface area contributed by atoms with Gasteiger partial charge in [0.2, 0.25) is 11.8 Å². The summed E-state index contributed by atoms with van der Waals surface area (Å²) in [4.78, 5) is 34.8. The molecule has 2 rings (SSSR count). The molecule has 1 saturated heterocycles. The third-order valence-electron chi connectivity index (χ3n) is 3.13. The third-order valence-corrected chi connectivity index (χ3v) is 3.13. The maximum Gasteiger partial charge on any atom is 0.230 e. The third kappa shape index (κ3) is 1.92. The van der Waals surface area contributed by atoms with E-state index in [2.05, 4.69) is 5.32 Å². The molecule has 2 amide bonds. The van der Waals surface area contributed by atoms with Gasteiger partial charge in [0.1, 0.15) is 5.78 Å². The van der Waals surface area contributed by atoms with Gasteiger partial charge in [-0.05, 0) is 12.8 Å². The van der Waals surface area contributed by atoms with Crippen LogP contribution in [0.4, 0.5) is 0 Å². The Balaban J connectivity index is 2.29. The number of hydrogen-bond acceptors (Lipinski definition) is 3. The van der Waals surface area contributed by atoms with Crippen molar-refractivity contribution in [3.05, 3.63) is 12.2 Å². The van der Waals surface area contributed by atoms with Crippen molar-refractivity contribution in [2.45, 2.75) is 26.2 Å². The predicted octanol–water partition coefficient (Wildman–Crippen LogP) is 0.820. The lowest BCUT2D eigenvalue weighted by molar-refractivity contribution is -0.141. The molecule has 0 aromatic heterocycles. The van der Waals surface area contributed by atoms with Crippen LogP contribution in [0, 0.1) is 17.7 Å². The number of piperidine rings is 1. The summed E-state index contributed by atoms with van der Waals surface area (Å²) in [6, 6.07) is 0. The minimum absolute atomic E-state index is 0.201. The Morgan fingerprint density at radius 2 is 2.19 bits per heavy atom. The number of ketones is 1. The van der Waals surface area contributed by atoms with E-state index in [1.54, 1.807) is 13.0 Å². The van der Waals surface area contributed by atoms with Crippen LogP contribution in [0.2, 0.25) is 0 Å². The van der Waals surface area contributed by atoms with Gasteiger partial charge in [0, 0.05) is 19.6 Å². The summed E-state index contributed by atoms with van der Waals surface area (Å²) in [6.45, 7) is 1.76. The van der Waals surface area contributed by atoms with Crippen LogP contribution in [0.25, 0.3) is 0 Å². The second-order valence-corrected chi connectivity index (χ2v) is 4.36. The molecular weight excluding hydrogens is 206 g/mol. The number of amides is 2. The average molecular weight is 222 g/mol. The van der Waals surface area contributed by atoms with Crippen molar-refractivity contribution in [1.29, 1.82) is 0 Å². The van der Waals surface area contributed by atoms with E-state index >= 15 is 0 Å². The number of nitrogens with one attached hydrogen (secondary N) is 1. The first kappa shape index (κ1) is 9.75. The highest BCUT2D eigenvalue weighted by atomic mass is 16.2. The van der Waals surface area contributed by atoms with E-state index in [0.29, 0.717) is 6.42 Å². The quantitative estimate of drug-likeness (QED) is 0.527. The lowest BCUT2D eigenvalue weighted by Crippen LogP contribution is -2.46. The van der Waals surface area contributed by atoms with E-state index in [0.717, 1.165) is 0 Å². The zero-order chi connectivity index (χ0) is 12.6. The van der Waals surface area contributed by atoms with E-state index in [1.807, 2.05) is 0 Å². The lowest BCUT2D eigenvalue weighted by Gasteiger charge is -2.29. The molecule has 3 atom stereocenters. The van der Waals surface area contributed by atoms with Crippen molar-refractivity contribution in [1.82, 2.24) is 5.32 Å². The van der Waals surface area contributed by atoms with Gasteiger partial charge in [0.05, 0.1) is 5.92 Å². The first-order valence-electron chi connectivity index (χ1n) is 6.01. The molecule has 1 aliphatic carbocycles. The maximum atomic E-state index is 12.1. The van der Waals surface area contributed by atoms with Crippen molar-refractivity contribution in [3.63, 3.8) is 0 Å². The average Bonchev–Trinajstić information content (AvgIpc) is 2.25. The fraction of sp³-hybridized carbons (Fsp3) is 0.583. The SMILES string of the molecule is [2H]C1(C2CCC(=O)NC2=O)C=CCC(C)C1=O. The standard InChI is InChI=1S/C12H15NO3/c1-7-3-2-4-8(11(7)15)9-5-6-10(14)13-12(9)16/h2,4,7-9H,3,5-6H2,1H3,(H,13,14,16)/i8D. The van der Waals surface area contributed by atoms with Gasteiger partial charge in [-0.15, -0.1) is 0 Å². The van der Waals surface area contributed by atoms with Crippen LogP contribution < -0.4 is 5.32 Å². The van der Waals surface area contributed by atoms with Crippen LogP contribution in [-0.4, -0.2) is 17.6 Å².